The Morgan fingerprint density at radius 3 is 2.27 bits per heavy atom. The van der Waals surface area contributed by atoms with Crippen molar-refractivity contribution in [2.75, 3.05) is 25.1 Å². The summed E-state index contributed by atoms with van der Waals surface area (Å²) in [5.41, 5.74) is 8.54. The predicted molar refractivity (Wildman–Crippen MR) is 146 cm³/mol. The van der Waals surface area contributed by atoms with Gasteiger partial charge in [0.25, 0.3) is 5.91 Å². The summed E-state index contributed by atoms with van der Waals surface area (Å²) in [6.07, 6.45) is 1.01. The molecule has 0 aliphatic heterocycles. The average molecular weight is 599 g/mol. The number of hydrogen-bond acceptors (Lipinski definition) is 12. The Bertz CT molecular complexity index is 1480. The average Bonchev–Trinajstić information content (AvgIpc) is 2.83. The molecule has 226 valence electrons. The van der Waals surface area contributed by atoms with Gasteiger partial charge in [-0.2, -0.15) is 8.42 Å². The van der Waals surface area contributed by atoms with Crippen molar-refractivity contribution in [3.8, 4) is 5.75 Å². The third kappa shape index (κ3) is 5.48. The number of likely N-dealkylation sites (N-methyl/N-ethyl adjacent to an activating group) is 1. The molecule has 41 heavy (non-hydrogen) atoms. The van der Waals surface area contributed by atoms with Crippen molar-refractivity contribution in [1.82, 2.24) is 4.90 Å². The highest BCUT2D eigenvalue weighted by Gasteiger charge is 2.63. The number of rotatable bonds is 5. The lowest BCUT2D eigenvalue weighted by Crippen LogP contribution is -2.63. The summed E-state index contributed by atoms with van der Waals surface area (Å²) in [5, 5.41) is 47.8. The molecule has 0 saturated heterocycles. The SMILES string of the molecule is CCC(C)Nc1cc(N)c(O)c2c1CC1CC3[C@H](N(C)C)C(O)=C(C(N)=O)C(=O)[C@@]3(O)C(O)=C1C2=O.O=S(=O)(O)O. The van der Waals surface area contributed by atoms with E-state index in [9.17, 15) is 34.8 Å². The molecule has 1 aromatic rings. The van der Waals surface area contributed by atoms with Crippen LogP contribution in [0.4, 0.5) is 11.4 Å². The number of carbonyl (C=O) groups excluding carboxylic acids is 3. The molecule has 0 fully saturated rings. The van der Waals surface area contributed by atoms with Crippen LogP contribution >= 0.6 is 0 Å². The van der Waals surface area contributed by atoms with Crippen LogP contribution in [0, 0.1) is 11.8 Å². The Kier molecular flexibility index (Phi) is 8.49. The van der Waals surface area contributed by atoms with Crippen LogP contribution < -0.4 is 16.8 Å². The number of hydrogen-bond donors (Lipinski definition) is 9. The van der Waals surface area contributed by atoms with E-state index in [0.29, 0.717) is 11.3 Å². The first-order valence-corrected chi connectivity index (χ1v) is 13.9. The van der Waals surface area contributed by atoms with Crippen molar-refractivity contribution in [1.29, 1.82) is 0 Å². The zero-order valence-electron chi connectivity index (χ0n) is 22.7. The van der Waals surface area contributed by atoms with E-state index < -0.39 is 74.2 Å². The first-order chi connectivity index (χ1) is 18.8. The van der Waals surface area contributed by atoms with Crippen molar-refractivity contribution in [2.45, 2.75) is 50.8 Å². The van der Waals surface area contributed by atoms with Crippen molar-refractivity contribution in [3.63, 3.8) is 0 Å². The first kappa shape index (κ1) is 31.8. The number of ketones is 2. The summed E-state index contributed by atoms with van der Waals surface area (Å²) in [7, 11) is -1.50. The number of aliphatic hydroxyl groups is 3. The molecule has 4 rings (SSSR count). The number of phenolic OH excluding ortho intramolecular Hbond substituents is 1. The van der Waals surface area contributed by atoms with Gasteiger partial charge in [-0.1, -0.05) is 6.92 Å². The van der Waals surface area contributed by atoms with Crippen molar-refractivity contribution >= 4 is 39.2 Å². The number of aliphatic hydroxyl groups excluding tert-OH is 2. The van der Waals surface area contributed by atoms with Gasteiger partial charge in [0, 0.05) is 23.2 Å². The van der Waals surface area contributed by atoms with E-state index in [1.54, 1.807) is 20.2 Å². The fourth-order valence-electron chi connectivity index (χ4n) is 5.84. The third-order valence-electron chi connectivity index (χ3n) is 7.77. The van der Waals surface area contributed by atoms with Gasteiger partial charge in [-0.3, -0.25) is 28.4 Å². The second kappa shape index (κ2) is 10.9. The van der Waals surface area contributed by atoms with Crippen LogP contribution in [0.5, 0.6) is 5.75 Å². The quantitative estimate of drug-likeness (QED) is 0.0723. The number of primary amides is 1. The number of nitrogen functional groups attached to an aromatic ring is 1. The number of phenols is 1. The standard InChI is InChI=1S/C25H32N4O7.H2O4S/c1-5-9(2)28-14-8-13(26)19(30)16-11(14)6-10-7-12-18(29(3)4)21(32)17(24(27)35)23(34)25(12,36)22(33)15(10)20(16)31;1-5(2,3)4/h8-10,12,18,28,30,32-33,36H,5-7,26H2,1-4H3,(H2,27,35);(H2,1,2,3,4)/t9?,10?,12?,18-,25-;/m0./s1. The molecule has 3 aliphatic carbocycles. The molecule has 0 bridgehead atoms. The van der Waals surface area contributed by atoms with Gasteiger partial charge in [0.1, 0.15) is 22.8 Å². The Morgan fingerprint density at radius 1 is 1.22 bits per heavy atom. The minimum atomic E-state index is -4.67. The number of amides is 1. The van der Waals surface area contributed by atoms with Gasteiger partial charge in [0.2, 0.25) is 5.78 Å². The van der Waals surface area contributed by atoms with Crippen molar-refractivity contribution in [3.05, 3.63) is 39.9 Å². The van der Waals surface area contributed by atoms with Gasteiger partial charge in [0.15, 0.2) is 11.4 Å². The van der Waals surface area contributed by atoms with E-state index in [1.807, 2.05) is 13.8 Å². The van der Waals surface area contributed by atoms with Crippen molar-refractivity contribution in [2.24, 2.45) is 17.6 Å². The highest BCUT2D eigenvalue weighted by Crippen LogP contribution is 2.53. The smallest absolute Gasteiger partial charge is 0.394 e. The molecule has 0 aromatic heterocycles. The molecule has 0 radical (unpaired) electrons. The lowest BCUT2D eigenvalue weighted by molar-refractivity contribution is -0.148. The summed E-state index contributed by atoms with van der Waals surface area (Å²) < 4.78 is 31.6. The van der Waals surface area contributed by atoms with E-state index >= 15 is 0 Å². The van der Waals surface area contributed by atoms with Gasteiger partial charge in [-0.15, -0.1) is 0 Å². The number of nitrogens with two attached hydrogens (primary N) is 2. The van der Waals surface area contributed by atoms with Gasteiger partial charge >= 0.3 is 10.4 Å². The fraction of sp³-hybridized carbons (Fsp3) is 0.480. The summed E-state index contributed by atoms with van der Waals surface area (Å²) >= 11 is 0. The maximum atomic E-state index is 13.7. The zero-order chi connectivity index (χ0) is 31.4. The third-order valence-corrected chi connectivity index (χ3v) is 7.77. The second-order valence-electron chi connectivity index (χ2n) is 10.6. The van der Waals surface area contributed by atoms with Crippen LogP contribution in [0.25, 0.3) is 0 Å². The fourth-order valence-corrected chi connectivity index (χ4v) is 5.84. The molecule has 5 atom stereocenters. The van der Waals surface area contributed by atoms with Crippen LogP contribution in [0.15, 0.2) is 28.7 Å². The molecular weight excluding hydrogens is 564 g/mol. The molecule has 11 N–H and O–H groups in total. The number of carbonyl (C=O) groups is 3. The lowest BCUT2D eigenvalue weighted by atomic mass is 9.58. The van der Waals surface area contributed by atoms with Gasteiger partial charge in [-0.25, -0.2) is 0 Å². The number of benzene rings is 1. The van der Waals surface area contributed by atoms with Gasteiger partial charge in [0.05, 0.1) is 17.3 Å². The molecule has 0 heterocycles. The predicted octanol–water partition coefficient (Wildman–Crippen LogP) is 0.260. The maximum absolute atomic E-state index is 13.7. The highest BCUT2D eigenvalue weighted by molar-refractivity contribution is 7.79. The minimum absolute atomic E-state index is 0.0275. The highest BCUT2D eigenvalue weighted by atomic mass is 32.3. The van der Waals surface area contributed by atoms with E-state index in [2.05, 4.69) is 5.32 Å². The molecule has 0 spiro atoms. The number of nitrogens with one attached hydrogen (secondary N) is 1. The molecule has 16 heteroatoms. The Morgan fingerprint density at radius 2 is 1.78 bits per heavy atom. The number of nitrogens with zero attached hydrogens (tertiary/aromatic N) is 1. The Balaban J connectivity index is 0.000000850. The van der Waals surface area contributed by atoms with E-state index in [-0.39, 0.29) is 35.7 Å². The van der Waals surface area contributed by atoms with E-state index in [4.69, 9.17) is 29.0 Å². The molecule has 1 amide bonds. The first-order valence-electron chi connectivity index (χ1n) is 12.5. The van der Waals surface area contributed by atoms with Crippen LogP contribution in [-0.2, 0) is 26.4 Å². The normalized spacial score (nSPS) is 26.5. The summed E-state index contributed by atoms with van der Waals surface area (Å²) in [5.74, 6) is -6.97. The monoisotopic (exact) mass is 598 g/mol. The van der Waals surface area contributed by atoms with Crippen molar-refractivity contribution < 1.29 is 52.3 Å². The molecular formula is C25H34N4O11S. The molecule has 3 aliphatic rings. The van der Waals surface area contributed by atoms with Crippen LogP contribution in [0.3, 0.4) is 0 Å². The van der Waals surface area contributed by atoms with Gasteiger partial charge < -0.3 is 37.2 Å². The molecule has 15 nitrogen and oxygen atoms in total. The topological polar surface area (TPSA) is 274 Å². The van der Waals surface area contributed by atoms with Gasteiger partial charge in [-0.05, 0) is 57.8 Å². The van der Waals surface area contributed by atoms with E-state index in [1.165, 1.54) is 4.90 Å². The van der Waals surface area contributed by atoms with E-state index in [0.717, 1.165) is 6.42 Å². The summed E-state index contributed by atoms with van der Waals surface area (Å²) in [6, 6.07) is 0.563. The molecule has 0 saturated carbocycles. The zero-order valence-corrected chi connectivity index (χ0v) is 23.6. The minimum Gasteiger partial charge on any atom is -0.510 e. The number of Topliss-reactive ketones (excluding diaryl/α,β-unsaturated/α-hetero) is 2. The molecule has 1 aromatic carbocycles. The van der Waals surface area contributed by atoms with Crippen LogP contribution in [0.1, 0.15) is 42.6 Å². The second-order valence-corrected chi connectivity index (χ2v) is 11.5. The number of aromatic hydroxyl groups is 1. The number of anilines is 2. The number of fused-ring (bicyclic) bond motifs is 3. The molecule has 3 unspecified atom stereocenters. The maximum Gasteiger partial charge on any atom is 0.394 e. The summed E-state index contributed by atoms with van der Waals surface area (Å²) in [6.45, 7) is 3.94. The lowest BCUT2D eigenvalue weighted by Gasteiger charge is -2.50. The largest absolute Gasteiger partial charge is 0.510 e. The van der Waals surface area contributed by atoms with Crippen LogP contribution in [-0.4, -0.2) is 92.1 Å². The Hall–Kier alpha value is -3.70. The summed E-state index contributed by atoms with van der Waals surface area (Å²) in [4.78, 5) is 40.6. The van der Waals surface area contributed by atoms with Crippen LogP contribution in [0.2, 0.25) is 0 Å². The Labute approximate surface area is 235 Å². The number of allylic oxidation sites excluding steroid dienone is 1.